The van der Waals surface area contributed by atoms with Gasteiger partial charge in [-0.25, -0.2) is 0 Å². The molecule has 7 heteroatoms. The number of nitrogens with one attached hydrogen (secondary N) is 1. The molecule has 0 saturated carbocycles. The molecule has 1 aliphatic rings. The minimum atomic E-state index is -0.707. The number of thiophene rings is 1. The van der Waals surface area contributed by atoms with Crippen LogP contribution in [0.2, 0.25) is 0 Å². The molecule has 3 amide bonds. The number of nitrogens with zero attached hydrogens (tertiary/aromatic N) is 1. The number of aliphatic hydroxyl groups is 1. The van der Waals surface area contributed by atoms with Gasteiger partial charge in [-0.1, -0.05) is 11.8 Å². The third-order valence-electron chi connectivity index (χ3n) is 2.85. The maximum absolute atomic E-state index is 12.4. The maximum atomic E-state index is 12.4. The zero-order chi connectivity index (χ0) is 14.7. The fourth-order valence-electron chi connectivity index (χ4n) is 1.80. The summed E-state index contributed by atoms with van der Waals surface area (Å²) in [5.41, 5.74) is 0.486. The van der Waals surface area contributed by atoms with Gasteiger partial charge < -0.3 is 10.0 Å². The van der Waals surface area contributed by atoms with Crippen molar-refractivity contribution in [1.29, 1.82) is 0 Å². The molecule has 1 saturated heterocycles. The largest absolute Gasteiger partial charge is 0.384 e. The zero-order valence-electron chi connectivity index (χ0n) is 10.7. The number of hydrogen-bond acceptors (Lipinski definition) is 5. The van der Waals surface area contributed by atoms with Crippen LogP contribution in [-0.2, 0) is 9.59 Å². The highest BCUT2D eigenvalue weighted by molar-refractivity contribution is 7.12. The third kappa shape index (κ3) is 2.71. The van der Waals surface area contributed by atoms with Gasteiger partial charge in [-0.3, -0.25) is 19.7 Å². The van der Waals surface area contributed by atoms with Gasteiger partial charge >= 0.3 is 0 Å². The molecule has 104 valence electrons. The van der Waals surface area contributed by atoms with Crippen LogP contribution in [0.15, 0.2) is 11.4 Å². The van der Waals surface area contributed by atoms with Gasteiger partial charge in [0.15, 0.2) is 0 Å². The van der Waals surface area contributed by atoms with Gasteiger partial charge in [0.05, 0.1) is 0 Å². The molecule has 0 radical (unpaired) electrons. The molecule has 1 fully saturated rings. The monoisotopic (exact) mass is 292 g/mol. The summed E-state index contributed by atoms with van der Waals surface area (Å²) < 4.78 is 0. The number of imide groups is 1. The van der Waals surface area contributed by atoms with Crippen LogP contribution in [0.25, 0.3) is 0 Å². The Morgan fingerprint density at radius 3 is 3.05 bits per heavy atom. The van der Waals surface area contributed by atoms with Crippen molar-refractivity contribution in [1.82, 2.24) is 10.2 Å². The van der Waals surface area contributed by atoms with Crippen molar-refractivity contribution in [3.8, 4) is 11.8 Å². The molecular formula is C13H12N2O4S. The second-order valence-electron chi connectivity index (χ2n) is 4.14. The lowest BCUT2D eigenvalue weighted by Crippen LogP contribution is -2.58. The van der Waals surface area contributed by atoms with Gasteiger partial charge in [-0.2, -0.15) is 0 Å². The molecule has 1 aromatic rings. The first kappa shape index (κ1) is 14.2. The predicted molar refractivity (Wildman–Crippen MR) is 71.9 cm³/mol. The van der Waals surface area contributed by atoms with Gasteiger partial charge in [0.1, 0.15) is 24.1 Å². The normalized spacial score (nSPS) is 18.3. The zero-order valence-corrected chi connectivity index (χ0v) is 11.5. The van der Waals surface area contributed by atoms with Gasteiger partial charge in [-0.05, 0) is 18.4 Å². The molecule has 0 aromatic carbocycles. The van der Waals surface area contributed by atoms with Crippen LogP contribution in [0.5, 0.6) is 0 Å². The summed E-state index contributed by atoms with van der Waals surface area (Å²) in [6.45, 7) is 1.10. The lowest BCUT2D eigenvalue weighted by atomic mass is 10.1. The van der Waals surface area contributed by atoms with E-state index in [9.17, 15) is 14.4 Å². The highest BCUT2D eigenvalue weighted by atomic mass is 32.1. The Bertz CT molecular complexity index is 626. The van der Waals surface area contributed by atoms with Crippen molar-refractivity contribution in [2.75, 3.05) is 13.2 Å². The average Bonchev–Trinajstić information content (AvgIpc) is 2.88. The minimum Gasteiger partial charge on any atom is -0.384 e. The van der Waals surface area contributed by atoms with E-state index >= 15 is 0 Å². The molecule has 1 atom stereocenters. The molecule has 1 aliphatic heterocycles. The standard InChI is InChI=1S/C13H12N2O4S/c1-8-12(18)14-10(17)7-15(8)13(19)11-9(3-2-5-16)4-6-20-11/h4,6,8,16H,5,7H2,1H3,(H,14,17,18). The molecule has 2 N–H and O–H groups in total. The van der Waals surface area contributed by atoms with Crippen molar-refractivity contribution in [2.45, 2.75) is 13.0 Å². The summed E-state index contributed by atoms with van der Waals surface area (Å²) in [6, 6.07) is 0.956. The van der Waals surface area contributed by atoms with Crippen molar-refractivity contribution in [2.24, 2.45) is 0 Å². The fourth-order valence-corrected chi connectivity index (χ4v) is 2.61. The van der Waals surface area contributed by atoms with E-state index in [0.717, 1.165) is 0 Å². The molecule has 1 aromatic heterocycles. The molecule has 6 nitrogen and oxygen atoms in total. The van der Waals surface area contributed by atoms with Crippen molar-refractivity contribution in [3.63, 3.8) is 0 Å². The van der Waals surface area contributed by atoms with E-state index in [0.29, 0.717) is 10.4 Å². The summed E-state index contributed by atoms with van der Waals surface area (Å²) in [7, 11) is 0. The Morgan fingerprint density at radius 2 is 2.35 bits per heavy atom. The van der Waals surface area contributed by atoms with Crippen molar-refractivity contribution >= 4 is 29.1 Å². The van der Waals surface area contributed by atoms with E-state index in [2.05, 4.69) is 17.2 Å². The van der Waals surface area contributed by atoms with E-state index in [4.69, 9.17) is 5.11 Å². The number of piperazine rings is 1. The number of carbonyl (C=O) groups is 3. The highest BCUT2D eigenvalue weighted by Crippen LogP contribution is 2.20. The van der Waals surface area contributed by atoms with Crippen LogP contribution < -0.4 is 5.32 Å². The molecule has 2 rings (SSSR count). The number of carbonyl (C=O) groups excluding carboxylic acids is 3. The van der Waals surface area contributed by atoms with Crippen LogP contribution >= 0.6 is 11.3 Å². The first-order valence-electron chi connectivity index (χ1n) is 5.86. The second kappa shape index (κ2) is 5.86. The predicted octanol–water partition coefficient (Wildman–Crippen LogP) is -0.421. The van der Waals surface area contributed by atoms with E-state index in [1.165, 1.54) is 16.2 Å². The summed E-state index contributed by atoms with van der Waals surface area (Å²) >= 11 is 1.19. The third-order valence-corrected chi connectivity index (χ3v) is 3.75. The molecule has 0 bridgehead atoms. The van der Waals surface area contributed by atoms with Gasteiger partial charge in [-0.15, -0.1) is 11.3 Å². The number of hydrogen-bond donors (Lipinski definition) is 2. The van der Waals surface area contributed by atoms with E-state index in [-0.39, 0.29) is 13.2 Å². The Morgan fingerprint density at radius 1 is 1.60 bits per heavy atom. The molecule has 0 aliphatic carbocycles. The Balaban J connectivity index is 2.29. The lowest BCUT2D eigenvalue weighted by Gasteiger charge is -2.31. The smallest absolute Gasteiger partial charge is 0.266 e. The van der Waals surface area contributed by atoms with Gasteiger partial charge in [0.2, 0.25) is 11.8 Å². The van der Waals surface area contributed by atoms with Crippen LogP contribution in [0.3, 0.4) is 0 Å². The number of aliphatic hydroxyl groups excluding tert-OH is 1. The second-order valence-corrected chi connectivity index (χ2v) is 5.06. The fraction of sp³-hybridized carbons (Fsp3) is 0.308. The van der Waals surface area contributed by atoms with E-state index in [1.807, 2.05) is 0 Å². The number of rotatable bonds is 1. The summed E-state index contributed by atoms with van der Waals surface area (Å²) in [6.07, 6.45) is 0. The molecular weight excluding hydrogens is 280 g/mol. The van der Waals surface area contributed by atoms with E-state index < -0.39 is 23.8 Å². The lowest BCUT2D eigenvalue weighted by molar-refractivity contribution is -0.138. The summed E-state index contributed by atoms with van der Waals surface area (Å²) in [4.78, 5) is 36.9. The molecule has 0 spiro atoms. The maximum Gasteiger partial charge on any atom is 0.266 e. The number of amides is 3. The van der Waals surface area contributed by atoms with Crippen molar-refractivity contribution in [3.05, 3.63) is 21.9 Å². The van der Waals surface area contributed by atoms with Crippen LogP contribution in [0.1, 0.15) is 22.2 Å². The molecule has 2 heterocycles. The minimum absolute atomic E-state index is 0.156. The first-order chi connectivity index (χ1) is 9.54. The molecule has 20 heavy (non-hydrogen) atoms. The summed E-state index contributed by atoms with van der Waals surface area (Å²) in [5, 5.41) is 12.6. The van der Waals surface area contributed by atoms with Crippen LogP contribution in [0.4, 0.5) is 0 Å². The highest BCUT2D eigenvalue weighted by Gasteiger charge is 2.35. The SMILES string of the molecule is CC1C(=O)NC(=O)CN1C(=O)c1sccc1C#CCO. The van der Waals surface area contributed by atoms with Crippen LogP contribution in [-0.4, -0.2) is 46.9 Å². The van der Waals surface area contributed by atoms with Crippen LogP contribution in [0, 0.1) is 11.8 Å². The Labute approximate surface area is 119 Å². The molecule has 1 unspecified atom stereocenters. The van der Waals surface area contributed by atoms with Crippen molar-refractivity contribution < 1.29 is 19.5 Å². The quantitative estimate of drug-likeness (QED) is 0.543. The Kier molecular flexibility index (Phi) is 4.17. The average molecular weight is 292 g/mol. The Hall–Kier alpha value is -2.17. The van der Waals surface area contributed by atoms with E-state index in [1.54, 1.807) is 18.4 Å². The first-order valence-corrected chi connectivity index (χ1v) is 6.74. The summed E-state index contributed by atoms with van der Waals surface area (Å²) in [5.74, 6) is 3.76. The van der Waals surface area contributed by atoms with Gasteiger partial charge in [0.25, 0.3) is 5.91 Å². The topological polar surface area (TPSA) is 86.7 Å². The van der Waals surface area contributed by atoms with Gasteiger partial charge in [0, 0.05) is 5.56 Å².